The molecule has 3 aliphatic heterocycles. The first-order valence-electron chi connectivity index (χ1n) is 16.4. The Morgan fingerprint density at radius 3 is 2.25 bits per heavy atom. The second-order valence-electron chi connectivity index (χ2n) is 12.3. The number of likely N-dealkylation sites (tertiary alicyclic amines) is 2. The number of hydrogen-bond acceptors (Lipinski definition) is 8. The third-order valence-electron chi connectivity index (χ3n) is 9.28. The van der Waals surface area contributed by atoms with E-state index in [1.807, 2.05) is 0 Å². The Morgan fingerprint density at radius 2 is 1.65 bits per heavy atom. The van der Waals surface area contributed by atoms with Gasteiger partial charge in [-0.2, -0.15) is 17.5 Å². The quantitative estimate of drug-likeness (QED) is 0.344. The molecule has 14 heteroatoms. The Kier molecular flexibility index (Phi) is 12.1. The minimum absolute atomic E-state index is 0.0212. The Labute approximate surface area is 280 Å². The molecule has 1 N–H and O–H groups in total. The van der Waals surface area contributed by atoms with Crippen LogP contribution in [0, 0.1) is 0 Å². The van der Waals surface area contributed by atoms with Gasteiger partial charge in [-0.1, -0.05) is 18.6 Å². The zero-order valence-electron chi connectivity index (χ0n) is 27.1. The minimum Gasteiger partial charge on any atom is -0.497 e. The van der Waals surface area contributed by atoms with Crippen LogP contribution in [0.25, 0.3) is 0 Å². The first-order chi connectivity index (χ1) is 23.0. The van der Waals surface area contributed by atoms with Crippen LogP contribution in [0.3, 0.4) is 0 Å². The minimum atomic E-state index is -4.48. The molecule has 0 unspecified atom stereocenters. The Hall–Kier alpha value is -3.17. The number of hydrogen-bond donors (Lipinski definition) is 1. The number of nitrogens with zero attached hydrogens (tertiary/aromatic N) is 3. The van der Waals surface area contributed by atoms with E-state index in [-0.39, 0.29) is 42.7 Å². The number of halogens is 3. The van der Waals surface area contributed by atoms with E-state index < -0.39 is 40.6 Å². The molecular weight excluding hydrogens is 651 g/mol. The standard InChI is InChI=1S/C34H44F3N3O7S/c1-45-29-9-11-30(12-10-29)48(43,44)40(19-21-41)20-22-46-32-24-26(25-5-7-27(8-6-25)34(35,36)37)23-31(47-32)33(42)39-17-13-28(14-18-39)38-15-3-2-4-16-38/h5-12,23,26,28,32,41H,2-4,13-22,24H2,1H3/t26-,32+/m0/s1. The van der Waals surface area contributed by atoms with Gasteiger partial charge in [0.2, 0.25) is 16.3 Å². The number of aliphatic hydroxyl groups excluding tert-OH is 1. The van der Waals surface area contributed by atoms with Gasteiger partial charge in [-0.05, 0) is 86.8 Å². The monoisotopic (exact) mass is 695 g/mol. The molecule has 2 aromatic rings. The van der Waals surface area contributed by atoms with Crippen molar-refractivity contribution < 1.29 is 45.7 Å². The fourth-order valence-corrected chi connectivity index (χ4v) is 8.00. The fourth-order valence-electron chi connectivity index (χ4n) is 6.58. The highest BCUT2D eigenvalue weighted by molar-refractivity contribution is 7.89. The molecule has 5 rings (SSSR count). The van der Waals surface area contributed by atoms with Crippen molar-refractivity contribution in [1.82, 2.24) is 14.1 Å². The summed E-state index contributed by atoms with van der Waals surface area (Å²) < 4.78 is 84.7. The van der Waals surface area contributed by atoms with Crippen molar-refractivity contribution in [2.24, 2.45) is 0 Å². The van der Waals surface area contributed by atoms with Gasteiger partial charge >= 0.3 is 6.18 Å². The number of aliphatic hydroxyl groups is 1. The molecular formula is C34H44F3N3O7S. The molecule has 3 heterocycles. The topological polar surface area (TPSA) is 109 Å². The van der Waals surface area contributed by atoms with Crippen molar-refractivity contribution in [1.29, 1.82) is 0 Å². The normalized spacial score (nSPS) is 21.5. The summed E-state index contributed by atoms with van der Waals surface area (Å²) in [4.78, 5) is 18.0. The van der Waals surface area contributed by atoms with E-state index in [2.05, 4.69) is 4.90 Å². The lowest BCUT2D eigenvalue weighted by atomic mass is 9.92. The third kappa shape index (κ3) is 8.89. The van der Waals surface area contributed by atoms with E-state index >= 15 is 0 Å². The number of allylic oxidation sites excluding steroid dienone is 1. The number of piperidine rings is 2. The van der Waals surface area contributed by atoms with Crippen molar-refractivity contribution in [2.45, 2.75) is 67.8 Å². The first kappa shape index (κ1) is 36.1. The van der Waals surface area contributed by atoms with Gasteiger partial charge in [0.15, 0.2) is 5.76 Å². The summed E-state index contributed by atoms with van der Waals surface area (Å²) in [6.07, 6.45) is 1.74. The molecule has 48 heavy (non-hydrogen) atoms. The van der Waals surface area contributed by atoms with Crippen molar-refractivity contribution in [3.8, 4) is 5.75 Å². The van der Waals surface area contributed by atoms with E-state index in [9.17, 15) is 31.5 Å². The summed E-state index contributed by atoms with van der Waals surface area (Å²) in [6, 6.07) is 11.1. The smallest absolute Gasteiger partial charge is 0.416 e. The number of sulfonamides is 1. The Morgan fingerprint density at radius 1 is 0.979 bits per heavy atom. The highest BCUT2D eigenvalue weighted by Gasteiger charge is 2.35. The highest BCUT2D eigenvalue weighted by atomic mass is 32.2. The van der Waals surface area contributed by atoms with Crippen molar-refractivity contribution in [2.75, 3.05) is 59.6 Å². The molecule has 2 atom stereocenters. The Bertz CT molecular complexity index is 1490. The van der Waals surface area contributed by atoms with Crippen LogP contribution in [0.5, 0.6) is 5.75 Å². The van der Waals surface area contributed by atoms with Gasteiger partial charge in [-0.25, -0.2) is 8.42 Å². The van der Waals surface area contributed by atoms with Crippen molar-refractivity contribution >= 4 is 15.9 Å². The number of carbonyl (C=O) groups excluding carboxylic acids is 1. The molecule has 0 radical (unpaired) electrons. The van der Waals surface area contributed by atoms with Crippen LogP contribution in [0.4, 0.5) is 13.2 Å². The summed E-state index contributed by atoms with van der Waals surface area (Å²) in [6.45, 7) is 2.47. The van der Waals surface area contributed by atoms with Gasteiger partial charge in [-0.3, -0.25) is 4.79 Å². The van der Waals surface area contributed by atoms with E-state index in [0.29, 0.717) is 30.4 Å². The summed E-state index contributed by atoms with van der Waals surface area (Å²) in [5.41, 5.74) is -0.206. The average molecular weight is 696 g/mol. The second-order valence-corrected chi connectivity index (χ2v) is 14.3. The largest absolute Gasteiger partial charge is 0.497 e. The van der Waals surface area contributed by atoms with Crippen molar-refractivity contribution in [3.63, 3.8) is 0 Å². The van der Waals surface area contributed by atoms with Gasteiger partial charge < -0.3 is 29.1 Å². The molecule has 0 saturated carbocycles. The van der Waals surface area contributed by atoms with E-state index in [1.54, 1.807) is 11.0 Å². The van der Waals surface area contributed by atoms with E-state index in [0.717, 1.165) is 42.4 Å². The summed E-state index contributed by atoms with van der Waals surface area (Å²) >= 11 is 0. The molecule has 1 amide bonds. The van der Waals surface area contributed by atoms with Gasteiger partial charge in [0, 0.05) is 44.6 Å². The fraction of sp³-hybridized carbons (Fsp3) is 0.559. The molecule has 10 nitrogen and oxygen atoms in total. The SMILES string of the molecule is COc1ccc(S(=O)(=O)N(CCO)CCO[C@H]2C[C@@H](c3ccc(C(F)(F)F)cc3)C=C(C(=O)N3CCC(N4CCCCC4)CC3)O2)cc1. The molecule has 2 saturated heterocycles. The molecule has 264 valence electrons. The molecule has 2 aromatic carbocycles. The maximum absolute atomic E-state index is 13.7. The number of alkyl halides is 3. The van der Waals surface area contributed by atoms with Gasteiger partial charge in [0.25, 0.3) is 5.91 Å². The van der Waals surface area contributed by atoms with Crippen LogP contribution in [0.15, 0.2) is 65.3 Å². The second kappa shape index (κ2) is 16.0. The molecule has 2 fully saturated rings. The van der Waals surface area contributed by atoms with Gasteiger partial charge in [-0.15, -0.1) is 0 Å². The Balaban J connectivity index is 1.28. The summed E-state index contributed by atoms with van der Waals surface area (Å²) in [5, 5.41) is 9.60. The molecule has 0 spiro atoms. The molecule has 3 aliphatic rings. The third-order valence-corrected chi connectivity index (χ3v) is 11.2. The number of ether oxygens (including phenoxy) is 3. The van der Waals surface area contributed by atoms with Crippen molar-refractivity contribution in [3.05, 3.63) is 71.5 Å². The zero-order valence-corrected chi connectivity index (χ0v) is 27.9. The summed E-state index contributed by atoms with van der Waals surface area (Å²) in [5.74, 6) is -0.229. The first-order valence-corrected chi connectivity index (χ1v) is 17.9. The van der Waals surface area contributed by atoms with Crippen LogP contribution >= 0.6 is 0 Å². The highest BCUT2D eigenvalue weighted by Crippen LogP contribution is 2.35. The van der Waals surface area contributed by atoms with Crippen LogP contribution < -0.4 is 4.74 Å². The maximum atomic E-state index is 13.7. The lowest BCUT2D eigenvalue weighted by Crippen LogP contribution is -2.49. The van der Waals surface area contributed by atoms with Crippen LogP contribution in [-0.2, 0) is 30.5 Å². The molecule has 0 bridgehead atoms. The number of carbonyl (C=O) groups is 1. The number of rotatable bonds is 12. The van der Waals surface area contributed by atoms with Crippen LogP contribution in [0.2, 0.25) is 0 Å². The number of benzene rings is 2. The summed E-state index contributed by atoms with van der Waals surface area (Å²) in [7, 11) is -2.51. The predicted molar refractivity (Wildman–Crippen MR) is 172 cm³/mol. The lowest BCUT2D eigenvalue weighted by molar-refractivity contribution is -0.153. The van der Waals surface area contributed by atoms with E-state index in [1.165, 1.54) is 62.8 Å². The van der Waals surface area contributed by atoms with Crippen LogP contribution in [0.1, 0.15) is 55.6 Å². The average Bonchev–Trinajstić information content (AvgIpc) is 3.11. The predicted octanol–water partition coefficient (Wildman–Crippen LogP) is 4.60. The lowest BCUT2D eigenvalue weighted by Gasteiger charge is -2.40. The van der Waals surface area contributed by atoms with Gasteiger partial charge in [0.1, 0.15) is 5.75 Å². The number of methoxy groups -OCH3 is 1. The molecule has 0 aromatic heterocycles. The zero-order chi connectivity index (χ0) is 34.3. The van der Waals surface area contributed by atoms with Crippen LogP contribution in [-0.4, -0.2) is 105 Å². The number of amides is 1. The maximum Gasteiger partial charge on any atom is 0.416 e. The van der Waals surface area contributed by atoms with E-state index in [4.69, 9.17) is 14.2 Å². The van der Waals surface area contributed by atoms with Gasteiger partial charge in [0.05, 0.1) is 30.8 Å². The molecule has 0 aliphatic carbocycles.